The molecule has 0 fully saturated rings. The Hall–Kier alpha value is -2.34. The Balaban J connectivity index is 1.74. The molecule has 0 saturated heterocycles. The van der Waals surface area contributed by atoms with Crippen LogP contribution in [0.5, 0.6) is 5.75 Å². The predicted octanol–water partition coefficient (Wildman–Crippen LogP) is 4.57. The zero-order valence-electron chi connectivity index (χ0n) is 18.0. The molecule has 1 N–H and O–H groups in total. The van der Waals surface area contributed by atoms with E-state index in [1.807, 2.05) is 25.1 Å². The molecule has 3 rings (SSSR count). The van der Waals surface area contributed by atoms with Crippen molar-refractivity contribution in [2.75, 3.05) is 26.2 Å². The molecule has 6 nitrogen and oxygen atoms in total. The summed E-state index contributed by atoms with van der Waals surface area (Å²) in [6.45, 7) is 11.0. The summed E-state index contributed by atoms with van der Waals surface area (Å²) in [5.74, 6) is 0.797. The van der Waals surface area contributed by atoms with Gasteiger partial charge in [0, 0.05) is 17.4 Å². The summed E-state index contributed by atoms with van der Waals surface area (Å²) in [5.41, 5.74) is 2.20. The fourth-order valence-corrected chi connectivity index (χ4v) is 3.75. The molecule has 0 aliphatic rings. The Labute approximate surface area is 172 Å². The zero-order chi connectivity index (χ0) is 20.6. The minimum atomic E-state index is -0.00201. The van der Waals surface area contributed by atoms with E-state index < -0.39 is 0 Å². The van der Waals surface area contributed by atoms with Gasteiger partial charge in [-0.3, -0.25) is 9.36 Å². The van der Waals surface area contributed by atoms with Gasteiger partial charge in [-0.1, -0.05) is 26.7 Å². The molecule has 158 valence electrons. The highest BCUT2D eigenvalue weighted by atomic mass is 16.5. The molecule has 0 amide bonds. The standard InChI is InChI=1S/C23H34N4O2/c1-4-7-12-26(13-8-5-2)14-9-15-27-17-24-21-19-16-18(29-6-3)10-11-20(19)25-22(21)23(27)28/h10-11,16-17,25H,4-9,12-15H2,1-3H3. The Kier molecular flexibility index (Phi) is 7.69. The van der Waals surface area contributed by atoms with Crippen LogP contribution in [0.4, 0.5) is 0 Å². The Morgan fingerprint density at radius 3 is 2.48 bits per heavy atom. The number of benzene rings is 1. The Morgan fingerprint density at radius 2 is 1.79 bits per heavy atom. The number of H-pyrrole nitrogens is 1. The number of hydrogen-bond acceptors (Lipinski definition) is 4. The Bertz CT molecular complexity index is 968. The van der Waals surface area contributed by atoms with Crippen LogP contribution in [0.1, 0.15) is 52.9 Å². The molecule has 0 unspecified atom stereocenters. The van der Waals surface area contributed by atoms with E-state index in [2.05, 4.69) is 28.7 Å². The highest BCUT2D eigenvalue weighted by Crippen LogP contribution is 2.25. The topological polar surface area (TPSA) is 63.1 Å². The first-order valence-corrected chi connectivity index (χ1v) is 11.0. The van der Waals surface area contributed by atoms with Crippen LogP contribution in [0.25, 0.3) is 21.9 Å². The van der Waals surface area contributed by atoms with E-state index in [1.165, 1.54) is 25.7 Å². The van der Waals surface area contributed by atoms with E-state index in [1.54, 1.807) is 10.9 Å². The van der Waals surface area contributed by atoms with Crippen LogP contribution in [0, 0.1) is 0 Å². The molecule has 0 atom stereocenters. The van der Waals surface area contributed by atoms with Crippen molar-refractivity contribution >= 4 is 21.9 Å². The second-order valence-corrected chi connectivity index (χ2v) is 7.63. The number of aromatic nitrogens is 3. The maximum Gasteiger partial charge on any atom is 0.277 e. The number of nitrogens with zero attached hydrogens (tertiary/aromatic N) is 3. The second-order valence-electron chi connectivity index (χ2n) is 7.63. The van der Waals surface area contributed by atoms with E-state index in [-0.39, 0.29) is 5.56 Å². The minimum Gasteiger partial charge on any atom is -0.494 e. The van der Waals surface area contributed by atoms with E-state index in [4.69, 9.17) is 4.74 Å². The third kappa shape index (κ3) is 5.18. The van der Waals surface area contributed by atoms with Crippen LogP contribution in [0.2, 0.25) is 0 Å². The molecule has 0 radical (unpaired) electrons. The van der Waals surface area contributed by atoms with E-state index >= 15 is 0 Å². The van der Waals surface area contributed by atoms with E-state index in [0.29, 0.717) is 18.7 Å². The van der Waals surface area contributed by atoms with Gasteiger partial charge in [0.1, 0.15) is 16.8 Å². The largest absolute Gasteiger partial charge is 0.494 e. The fourth-order valence-electron chi connectivity index (χ4n) is 3.75. The number of nitrogens with one attached hydrogen (secondary N) is 1. The van der Waals surface area contributed by atoms with Gasteiger partial charge in [-0.05, 0) is 64.0 Å². The fraction of sp³-hybridized carbons (Fsp3) is 0.565. The smallest absolute Gasteiger partial charge is 0.277 e. The maximum absolute atomic E-state index is 13.0. The SMILES string of the molecule is CCCCN(CCCC)CCCn1cnc2c([nH]c3ccc(OCC)cc32)c1=O. The van der Waals surface area contributed by atoms with Crippen LogP contribution in [-0.4, -0.2) is 45.7 Å². The van der Waals surface area contributed by atoms with Gasteiger partial charge in [0.05, 0.1) is 12.9 Å². The lowest BCUT2D eigenvalue weighted by Crippen LogP contribution is -2.29. The summed E-state index contributed by atoms with van der Waals surface area (Å²) in [4.78, 5) is 23.3. The average molecular weight is 399 g/mol. The first-order valence-electron chi connectivity index (χ1n) is 11.0. The van der Waals surface area contributed by atoms with Crippen molar-refractivity contribution < 1.29 is 4.74 Å². The van der Waals surface area contributed by atoms with Gasteiger partial charge in [0.2, 0.25) is 0 Å². The molecular weight excluding hydrogens is 364 g/mol. The number of aryl methyl sites for hydroxylation is 1. The normalized spacial score (nSPS) is 11.7. The molecule has 2 aromatic heterocycles. The summed E-state index contributed by atoms with van der Waals surface area (Å²) >= 11 is 0. The molecule has 2 heterocycles. The van der Waals surface area contributed by atoms with Crippen LogP contribution < -0.4 is 10.3 Å². The monoisotopic (exact) mass is 398 g/mol. The van der Waals surface area contributed by atoms with Crippen LogP contribution in [-0.2, 0) is 6.54 Å². The molecule has 0 bridgehead atoms. The molecule has 0 spiro atoms. The molecule has 0 aliphatic carbocycles. The van der Waals surface area contributed by atoms with Gasteiger partial charge in [-0.2, -0.15) is 0 Å². The number of rotatable bonds is 12. The first kappa shape index (κ1) is 21.4. The van der Waals surface area contributed by atoms with Crippen molar-refractivity contribution in [3.63, 3.8) is 0 Å². The van der Waals surface area contributed by atoms with Crippen LogP contribution >= 0.6 is 0 Å². The molecule has 3 aromatic rings. The Morgan fingerprint density at radius 1 is 1.07 bits per heavy atom. The van der Waals surface area contributed by atoms with Gasteiger partial charge >= 0.3 is 0 Å². The molecule has 6 heteroatoms. The number of aromatic amines is 1. The summed E-state index contributed by atoms with van der Waals surface area (Å²) < 4.78 is 7.32. The van der Waals surface area contributed by atoms with Crippen molar-refractivity contribution in [2.24, 2.45) is 0 Å². The molecular formula is C23H34N4O2. The van der Waals surface area contributed by atoms with Gasteiger partial charge in [-0.25, -0.2) is 4.98 Å². The number of fused-ring (bicyclic) bond motifs is 3. The second kappa shape index (κ2) is 10.4. The lowest BCUT2D eigenvalue weighted by atomic mass is 10.2. The van der Waals surface area contributed by atoms with Gasteiger partial charge in [0.25, 0.3) is 5.56 Å². The summed E-state index contributed by atoms with van der Waals surface area (Å²) in [6, 6.07) is 5.82. The molecule has 1 aromatic carbocycles. The van der Waals surface area contributed by atoms with Crippen molar-refractivity contribution in [3.8, 4) is 5.75 Å². The first-order chi connectivity index (χ1) is 14.2. The third-order valence-electron chi connectivity index (χ3n) is 5.38. The van der Waals surface area contributed by atoms with Crippen molar-refractivity contribution in [3.05, 3.63) is 34.9 Å². The average Bonchev–Trinajstić information content (AvgIpc) is 3.10. The highest BCUT2D eigenvalue weighted by Gasteiger charge is 2.12. The summed E-state index contributed by atoms with van der Waals surface area (Å²) in [6.07, 6.45) is 7.54. The number of unbranched alkanes of at least 4 members (excludes halogenated alkanes) is 2. The third-order valence-corrected chi connectivity index (χ3v) is 5.38. The highest BCUT2D eigenvalue weighted by molar-refractivity contribution is 6.04. The van der Waals surface area contributed by atoms with Gasteiger partial charge in [0.15, 0.2) is 0 Å². The molecule has 29 heavy (non-hydrogen) atoms. The van der Waals surface area contributed by atoms with E-state index in [0.717, 1.165) is 48.2 Å². The van der Waals surface area contributed by atoms with Crippen molar-refractivity contribution in [2.45, 2.75) is 59.4 Å². The summed E-state index contributed by atoms with van der Waals surface area (Å²) in [5, 5.41) is 0.931. The van der Waals surface area contributed by atoms with Crippen LogP contribution in [0.15, 0.2) is 29.3 Å². The van der Waals surface area contributed by atoms with E-state index in [9.17, 15) is 4.79 Å². The van der Waals surface area contributed by atoms with Gasteiger partial charge in [-0.15, -0.1) is 0 Å². The lowest BCUT2D eigenvalue weighted by molar-refractivity contribution is 0.257. The van der Waals surface area contributed by atoms with Crippen molar-refractivity contribution in [1.29, 1.82) is 0 Å². The van der Waals surface area contributed by atoms with Crippen LogP contribution in [0.3, 0.4) is 0 Å². The van der Waals surface area contributed by atoms with Crippen molar-refractivity contribution in [1.82, 2.24) is 19.4 Å². The van der Waals surface area contributed by atoms with Gasteiger partial charge < -0.3 is 14.6 Å². The quantitative estimate of drug-likeness (QED) is 0.485. The maximum atomic E-state index is 13.0. The molecule has 0 aliphatic heterocycles. The lowest BCUT2D eigenvalue weighted by Gasteiger charge is -2.22. The number of hydrogen-bond donors (Lipinski definition) is 1. The number of ether oxygens (including phenoxy) is 1. The predicted molar refractivity (Wildman–Crippen MR) is 120 cm³/mol. The minimum absolute atomic E-state index is 0.00201. The summed E-state index contributed by atoms with van der Waals surface area (Å²) in [7, 11) is 0. The zero-order valence-corrected chi connectivity index (χ0v) is 18.0. The molecule has 0 saturated carbocycles.